The van der Waals surface area contributed by atoms with Gasteiger partial charge in [-0.3, -0.25) is 4.98 Å². The molecule has 46 heavy (non-hydrogen) atoms. The van der Waals surface area contributed by atoms with Crippen molar-refractivity contribution >= 4 is 43.6 Å². The van der Waals surface area contributed by atoms with Gasteiger partial charge in [0.25, 0.3) is 0 Å². The number of fused-ring (bicyclic) bond motifs is 6. The number of pyridine rings is 2. The van der Waals surface area contributed by atoms with Crippen LogP contribution >= 0.6 is 0 Å². The minimum Gasteiger partial charge on any atom is -0.309 e. The number of hydrogen-bond donors (Lipinski definition) is 0. The zero-order chi connectivity index (χ0) is 30.6. The lowest BCUT2D eigenvalue weighted by Gasteiger charge is -2.16. The summed E-state index contributed by atoms with van der Waals surface area (Å²) in [6.07, 6.45) is 3.73. The molecule has 4 heterocycles. The normalized spacial score (nSPS) is 11.5. The molecule has 0 spiro atoms. The number of benzene rings is 5. The monoisotopic (exact) mass is 587 g/mol. The molecule has 5 nitrogen and oxygen atoms in total. The third-order valence-corrected chi connectivity index (χ3v) is 8.89. The summed E-state index contributed by atoms with van der Waals surface area (Å²) >= 11 is 0. The van der Waals surface area contributed by atoms with Crippen molar-refractivity contribution in [3.8, 4) is 40.0 Å². The van der Waals surface area contributed by atoms with Gasteiger partial charge in [-0.1, -0.05) is 84.9 Å². The van der Waals surface area contributed by atoms with E-state index in [1.54, 1.807) is 0 Å². The minimum absolute atomic E-state index is 0.571. The fraction of sp³-hybridized carbons (Fsp3) is 0. The Kier molecular flexibility index (Phi) is 5.81. The lowest BCUT2D eigenvalue weighted by Crippen LogP contribution is -2.02. The van der Waals surface area contributed by atoms with Gasteiger partial charge in [-0.2, -0.15) is 5.26 Å². The molecule has 0 saturated carbocycles. The highest BCUT2D eigenvalue weighted by molar-refractivity contribution is 6.10. The molecule has 0 saturated heterocycles. The maximum atomic E-state index is 10.4. The van der Waals surface area contributed by atoms with Crippen LogP contribution in [0.2, 0.25) is 0 Å². The van der Waals surface area contributed by atoms with Crippen molar-refractivity contribution in [3.63, 3.8) is 0 Å². The fourth-order valence-electron chi connectivity index (χ4n) is 6.96. The van der Waals surface area contributed by atoms with Crippen LogP contribution in [0.4, 0.5) is 0 Å². The predicted molar refractivity (Wildman–Crippen MR) is 186 cm³/mol. The maximum Gasteiger partial charge on any atom is 0.0999 e. The molecular formula is C41H25N5. The molecule has 0 aliphatic rings. The molecule has 5 heteroatoms. The molecule has 4 aromatic heterocycles. The molecular weight excluding hydrogens is 562 g/mol. The summed E-state index contributed by atoms with van der Waals surface area (Å²) in [5.74, 6) is 0. The lowest BCUT2D eigenvalue weighted by molar-refractivity contribution is 1.13. The summed E-state index contributed by atoms with van der Waals surface area (Å²) in [6.45, 7) is 0. The molecule has 0 bridgehead atoms. The molecule has 0 aliphatic heterocycles. The molecule has 5 aromatic carbocycles. The predicted octanol–water partition coefficient (Wildman–Crippen LogP) is 9.88. The van der Waals surface area contributed by atoms with E-state index in [1.165, 1.54) is 21.5 Å². The first-order chi connectivity index (χ1) is 22.8. The average molecular weight is 588 g/mol. The van der Waals surface area contributed by atoms with Crippen LogP contribution in [0, 0.1) is 11.3 Å². The first-order valence-corrected chi connectivity index (χ1v) is 15.2. The van der Waals surface area contributed by atoms with Crippen LogP contribution in [0.3, 0.4) is 0 Å². The van der Waals surface area contributed by atoms with Gasteiger partial charge in [0, 0.05) is 38.9 Å². The summed E-state index contributed by atoms with van der Waals surface area (Å²) in [5, 5.41) is 15.1. The van der Waals surface area contributed by atoms with Crippen LogP contribution in [0.5, 0.6) is 0 Å². The Balaban J connectivity index is 1.29. The molecule has 0 radical (unpaired) electrons. The van der Waals surface area contributed by atoms with Crippen molar-refractivity contribution in [3.05, 3.63) is 157 Å². The van der Waals surface area contributed by atoms with E-state index in [-0.39, 0.29) is 0 Å². The van der Waals surface area contributed by atoms with Crippen LogP contribution < -0.4 is 0 Å². The Bertz CT molecular complexity index is 2560. The van der Waals surface area contributed by atoms with E-state index in [0.29, 0.717) is 5.56 Å². The van der Waals surface area contributed by atoms with Gasteiger partial charge >= 0.3 is 0 Å². The highest BCUT2D eigenvalue weighted by Gasteiger charge is 2.20. The highest BCUT2D eigenvalue weighted by atomic mass is 15.0. The first kappa shape index (κ1) is 25.9. The molecule has 0 amide bonds. The van der Waals surface area contributed by atoms with Crippen LogP contribution in [0.25, 0.3) is 77.5 Å². The smallest absolute Gasteiger partial charge is 0.0999 e. The van der Waals surface area contributed by atoms with Crippen molar-refractivity contribution in [2.45, 2.75) is 0 Å². The van der Waals surface area contributed by atoms with Crippen molar-refractivity contribution in [2.24, 2.45) is 0 Å². The summed E-state index contributed by atoms with van der Waals surface area (Å²) in [4.78, 5) is 9.84. The van der Waals surface area contributed by atoms with Crippen LogP contribution in [-0.2, 0) is 0 Å². The van der Waals surface area contributed by atoms with Gasteiger partial charge in [-0.15, -0.1) is 0 Å². The van der Waals surface area contributed by atoms with E-state index in [0.717, 1.165) is 56.0 Å². The SMILES string of the molecule is N#Cc1cccc(-n2c3ccccc3c3ccccc32)c1-c1cccc(-c2ccncc2-n2c3ccccc3c3ccccc32)n1. The second-order valence-corrected chi connectivity index (χ2v) is 11.4. The zero-order valence-corrected chi connectivity index (χ0v) is 24.7. The van der Waals surface area contributed by atoms with Gasteiger partial charge in [-0.25, -0.2) is 4.98 Å². The number of para-hydroxylation sites is 4. The number of hydrogen-bond acceptors (Lipinski definition) is 3. The van der Waals surface area contributed by atoms with E-state index >= 15 is 0 Å². The Hall–Kier alpha value is -6.51. The molecule has 0 N–H and O–H groups in total. The molecule has 9 aromatic rings. The van der Waals surface area contributed by atoms with Crippen molar-refractivity contribution in [2.75, 3.05) is 0 Å². The quantitative estimate of drug-likeness (QED) is 0.206. The largest absolute Gasteiger partial charge is 0.309 e. The van der Waals surface area contributed by atoms with Gasteiger partial charge in [0.15, 0.2) is 0 Å². The Morgan fingerprint density at radius 1 is 0.478 bits per heavy atom. The van der Waals surface area contributed by atoms with E-state index in [4.69, 9.17) is 4.98 Å². The van der Waals surface area contributed by atoms with Crippen molar-refractivity contribution in [1.82, 2.24) is 19.1 Å². The van der Waals surface area contributed by atoms with Crippen molar-refractivity contribution in [1.29, 1.82) is 5.26 Å². The van der Waals surface area contributed by atoms with E-state index in [2.05, 4.69) is 123 Å². The highest BCUT2D eigenvalue weighted by Crippen LogP contribution is 2.39. The molecule has 214 valence electrons. The second-order valence-electron chi connectivity index (χ2n) is 11.4. The molecule has 0 fully saturated rings. The third-order valence-electron chi connectivity index (χ3n) is 8.89. The first-order valence-electron chi connectivity index (χ1n) is 15.2. The van der Waals surface area contributed by atoms with Crippen molar-refractivity contribution < 1.29 is 0 Å². The summed E-state index contributed by atoms with van der Waals surface area (Å²) < 4.78 is 4.53. The summed E-state index contributed by atoms with van der Waals surface area (Å²) in [7, 11) is 0. The van der Waals surface area contributed by atoms with Gasteiger partial charge in [0.1, 0.15) is 0 Å². The Labute approximate surface area is 264 Å². The van der Waals surface area contributed by atoms with E-state index in [9.17, 15) is 5.26 Å². The van der Waals surface area contributed by atoms with Crippen LogP contribution in [0.1, 0.15) is 5.56 Å². The summed E-state index contributed by atoms with van der Waals surface area (Å²) in [5.41, 5.74) is 10.1. The van der Waals surface area contributed by atoms with Crippen LogP contribution in [0.15, 0.2) is 152 Å². The molecule has 9 rings (SSSR count). The Morgan fingerprint density at radius 2 is 0.978 bits per heavy atom. The topological polar surface area (TPSA) is 59.4 Å². The number of aromatic nitrogens is 4. The lowest BCUT2D eigenvalue weighted by atomic mass is 10.0. The van der Waals surface area contributed by atoms with E-state index in [1.807, 2.05) is 48.8 Å². The second kappa shape index (κ2) is 10.3. The van der Waals surface area contributed by atoms with Gasteiger partial charge in [0.2, 0.25) is 0 Å². The maximum absolute atomic E-state index is 10.4. The summed E-state index contributed by atoms with van der Waals surface area (Å²) in [6, 6.07) is 50.2. The number of nitriles is 1. The third kappa shape index (κ3) is 3.81. The van der Waals surface area contributed by atoms with Gasteiger partial charge in [0.05, 0.1) is 62.7 Å². The minimum atomic E-state index is 0.571. The molecule has 0 atom stereocenters. The van der Waals surface area contributed by atoms with Gasteiger partial charge < -0.3 is 9.13 Å². The fourth-order valence-corrected chi connectivity index (χ4v) is 6.96. The van der Waals surface area contributed by atoms with Gasteiger partial charge in [-0.05, 0) is 54.6 Å². The number of rotatable bonds is 4. The molecule has 0 aliphatic carbocycles. The average Bonchev–Trinajstić information content (AvgIpc) is 3.64. The molecule has 0 unspecified atom stereocenters. The standard InChI is InChI=1S/C41H25N5/c42-25-27-11-9-22-39(45-35-18-5-1-12-28(35)29-13-2-6-19-36(29)45)41(27)34-17-10-16-33(44-34)32-23-24-43-26-40(32)46-37-20-7-3-14-30(37)31-15-4-8-21-38(31)46/h1-24,26H. The number of nitrogens with zero attached hydrogens (tertiary/aromatic N) is 5. The Morgan fingerprint density at radius 3 is 1.54 bits per heavy atom. The van der Waals surface area contributed by atoms with Crippen LogP contribution in [-0.4, -0.2) is 19.1 Å². The van der Waals surface area contributed by atoms with E-state index < -0.39 is 0 Å². The zero-order valence-electron chi connectivity index (χ0n) is 24.7.